The molecule has 0 aliphatic carbocycles. The van der Waals surface area contributed by atoms with Crippen molar-refractivity contribution < 1.29 is 14.4 Å². The predicted molar refractivity (Wildman–Crippen MR) is 98.3 cm³/mol. The van der Waals surface area contributed by atoms with E-state index in [1.807, 2.05) is 12.1 Å². The SMILES string of the molecule is CC[C@]1(c2ccccc2)C(=O)N(C)C(=O)N(Cc2cccc(C#N)c2)C1=O. The lowest BCUT2D eigenvalue weighted by molar-refractivity contribution is -0.152. The third-order valence-corrected chi connectivity index (χ3v) is 4.99. The molecule has 0 radical (unpaired) electrons. The van der Waals surface area contributed by atoms with Crippen molar-refractivity contribution in [2.24, 2.45) is 0 Å². The number of hydrogen-bond acceptors (Lipinski definition) is 4. The summed E-state index contributed by atoms with van der Waals surface area (Å²) in [5.74, 6) is -1.06. The van der Waals surface area contributed by atoms with E-state index in [9.17, 15) is 14.4 Å². The molecule has 1 saturated heterocycles. The van der Waals surface area contributed by atoms with Gasteiger partial charge in [0.05, 0.1) is 18.2 Å². The fraction of sp³-hybridized carbons (Fsp3) is 0.238. The highest BCUT2D eigenvalue weighted by atomic mass is 16.2. The minimum absolute atomic E-state index is 0.000605. The molecule has 27 heavy (non-hydrogen) atoms. The van der Waals surface area contributed by atoms with Crippen LogP contribution in [0.3, 0.4) is 0 Å². The van der Waals surface area contributed by atoms with Gasteiger partial charge in [-0.2, -0.15) is 5.26 Å². The van der Waals surface area contributed by atoms with Crippen molar-refractivity contribution in [1.82, 2.24) is 9.80 Å². The molecule has 1 fully saturated rings. The summed E-state index contributed by atoms with van der Waals surface area (Å²) in [6.07, 6.45) is 0.237. The number of benzene rings is 2. The highest BCUT2D eigenvalue weighted by Gasteiger charge is 2.56. The van der Waals surface area contributed by atoms with Crippen LogP contribution in [0, 0.1) is 11.3 Å². The number of amides is 4. The van der Waals surface area contributed by atoms with E-state index in [1.165, 1.54) is 7.05 Å². The van der Waals surface area contributed by atoms with Crippen LogP contribution in [-0.4, -0.2) is 34.7 Å². The van der Waals surface area contributed by atoms with Crippen LogP contribution in [0.25, 0.3) is 0 Å². The van der Waals surface area contributed by atoms with Gasteiger partial charge in [-0.1, -0.05) is 49.4 Å². The van der Waals surface area contributed by atoms with Crippen LogP contribution in [0.4, 0.5) is 4.79 Å². The van der Waals surface area contributed by atoms with Crippen molar-refractivity contribution in [2.45, 2.75) is 25.3 Å². The lowest BCUT2D eigenvalue weighted by atomic mass is 9.74. The molecule has 4 amide bonds. The Morgan fingerprint density at radius 3 is 2.33 bits per heavy atom. The number of nitrogens with zero attached hydrogens (tertiary/aromatic N) is 3. The molecule has 136 valence electrons. The molecule has 2 aromatic rings. The first kappa shape index (κ1) is 18.3. The molecule has 0 saturated carbocycles. The van der Waals surface area contributed by atoms with Gasteiger partial charge in [-0.3, -0.25) is 19.4 Å². The van der Waals surface area contributed by atoms with Crippen molar-refractivity contribution in [3.05, 3.63) is 71.3 Å². The summed E-state index contributed by atoms with van der Waals surface area (Å²) in [7, 11) is 1.39. The fourth-order valence-corrected chi connectivity index (χ4v) is 3.50. The van der Waals surface area contributed by atoms with Crippen molar-refractivity contribution in [3.63, 3.8) is 0 Å². The van der Waals surface area contributed by atoms with E-state index < -0.39 is 23.3 Å². The lowest BCUT2D eigenvalue weighted by Crippen LogP contribution is -2.65. The van der Waals surface area contributed by atoms with Crippen molar-refractivity contribution in [2.75, 3.05) is 7.05 Å². The third-order valence-electron chi connectivity index (χ3n) is 4.99. The molecule has 6 nitrogen and oxygen atoms in total. The van der Waals surface area contributed by atoms with Crippen LogP contribution in [0.1, 0.15) is 30.0 Å². The van der Waals surface area contributed by atoms with Gasteiger partial charge in [0.1, 0.15) is 0 Å². The second-order valence-electron chi connectivity index (χ2n) is 6.48. The molecule has 0 unspecified atom stereocenters. The molecule has 0 bridgehead atoms. The van der Waals surface area contributed by atoms with Crippen molar-refractivity contribution in [1.29, 1.82) is 5.26 Å². The Morgan fingerprint density at radius 2 is 1.70 bits per heavy atom. The molecular weight excluding hydrogens is 342 g/mol. The van der Waals surface area contributed by atoms with Gasteiger partial charge in [0.25, 0.3) is 11.8 Å². The van der Waals surface area contributed by atoms with E-state index in [2.05, 4.69) is 0 Å². The highest BCUT2D eigenvalue weighted by Crippen LogP contribution is 2.36. The normalized spacial score (nSPS) is 20.0. The highest BCUT2D eigenvalue weighted by molar-refractivity contribution is 6.22. The number of barbiturate groups is 1. The van der Waals surface area contributed by atoms with Crippen molar-refractivity contribution >= 4 is 17.8 Å². The summed E-state index contributed by atoms with van der Waals surface area (Å²) in [6.45, 7) is 1.76. The number of urea groups is 1. The first-order valence-electron chi connectivity index (χ1n) is 8.64. The lowest BCUT2D eigenvalue weighted by Gasteiger charge is -2.42. The monoisotopic (exact) mass is 361 g/mol. The second kappa shape index (κ2) is 7.04. The molecule has 3 rings (SSSR count). The zero-order valence-electron chi connectivity index (χ0n) is 15.2. The minimum Gasteiger partial charge on any atom is -0.273 e. The van der Waals surface area contributed by atoms with E-state index in [0.717, 1.165) is 9.80 Å². The standard InChI is InChI=1S/C21H19N3O3/c1-3-21(17-10-5-4-6-11-17)18(25)23(2)20(27)24(19(21)26)14-16-9-7-8-15(12-16)13-22/h4-12H,3,14H2,1-2H3/t21-/m0/s1. The summed E-state index contributed by atoms with van der Waals surface area (Å²) in [4.78, 5) is 41.2. The van der Waals surface area contributed by atoms with Gasteiger partial charge >= 0.3 is 6.03 Å². The number of rotatable bonds is 4. The van der Waals surface area contributed by atoms with Gasteiger partial charge < -0.3 is 0 Å². The van der Waals surface area contributed by atoms with Crippen LogP contribution in [0.15, 0.2) is 54.6 Å². The maximum atomic E-state index is 13.4. The first-order chi connectivity index (χ1) is 13.0. The molecule has 0 aromatic heterocycles. The molecule has 1 heterocycles. The van der Waals surface area contributed by atoms with Crippen molar-refractivity contribution in [3.8, 4) is 6.07 Å². The molecule has 6 heteroatoms. The van der Waals surface area contributed by atoms with Crippen LogP contribution in [0.2, 0.25) is 0 Å². The van der Waals surface area contributed by atoms with Crippen LogP contribution in [-0.2, 0) is 21.5 Å². The smallest absolute Gasteiger partial charge is 0.273 e. The average Bonchev–Trinajstić information content (AvgIpc) is 2.71. The number of carbonyl (C=O) groups is 3. The van der Waals surface area contributed by atoms with E-state index in [1.54, 1.807) is 55.5 Å². The molecule has 1 atom stereocenters. The Balaban J connectivity index is 2.07. The van der Waals surface area contributed by atoms with Crippen LogP contribution in [0.5, 0.6) is 0 Å². The van der Waals surface area contributed by atoms with Gasteiger partial charge in [-0.05, 0) is 29.7 Å². The summed E-state index contributed by atoms with van der Waals surface area (Å²) in [6, 6.07) is 16.9. The third kappa shape index (κ3) is 2.87. The number of imide groups is 2. The number of likely N-dealkylation sites (N-methyl/N-ethyl adjacent to an activating group) is 1. The zero-order chi connectivity index (χ0) is 19.6. The summed E-state index contributed by atoms with van der Waals surface area (Å²) >= 11 is 0. The largest absolute Gasteiger partial charge is 0.333 e. The maximum Gasteiger partial charge on any atom is 0.333 e. The Hall–Kier alpha value is -3.46. The van der Waals surface area contributed by atoms with Crippen LogP contribution < -0.4 is 0 Å². The topological polar surface area (TPSA) is 81.5 Å². The fourth-order valence-electron chi connectivity index (χ4n) is 3.50. The van der Waals surface area contributed by atoms with E-state index >= 15 is 0 Å². The molecule has 2 aromatic carbocycles. The van der Waals surface area contributed by atoms with Gasteiger partial charge in [-0.15, -0.1) is 0 Å². The molecule has 1 aliphatic heterocycles. The Bertz CT molecular complexity index is 949. The Labute approximate surface area is 157 Å². The number of carbonyl (C=O) groups excluding carboxylic acids is 3. The van der Waals surface area contributed by atoms with Crippen LogP contribution >= 0.6 is 0 Å². The minimum atomic E-state index is -1.43. The molecular formula is C21H19N3O3. The molecule has 0 spiro atoms. The predicted octanol–water partition coefficient (Wildman–Crippen LogP) is 2.83. The van der Waals surface area contributed by atoms with Gasteiger partial charge in [0, 0.05) is 7.05 Å². The second-order valence-corrected chi connectivity index (χ2v) is 6.48. The van der Waals surface area contributed by atoms with E-state index in [4.69, 9.17) is 5.26 Å². The van der Waals surface area contributed by atoms with Gasteiger partial charge in [0.2, 0.25) is 0 Å². The zero-order valence-corrected chi connectivity index (χ0v) is 15.2. The molecule has 1 aliphatic rings. The number of hydrogen-bond donors (Lipinski definition) is 0. The van der Waals surface area contributed by atoms with E-state index in [-0.39, 0.29) is 13.0 Å². The van der Waals surface area contributed by atoms with E-state index in [0.29, 0.717) is 16.7 Å². The van der Waals surface area contributed by atoms with Gasteiger partial charge in [0.15, 0.2) is 5.41 Å². The first-order valence-corrected chi connectivity index (χ1v) is 8.64. The average molecular weight is 361 g/mol. The Kier molecular flexibility index (Phi) is 4.78. The summed E-state index contributed by atoms with van der Waals surface area (Å²) < 4.78 is 0. The van der Waals surface area contributed by atoms with Gasteiger partial charge in [-0.25, -0.2) is 4.79 Å². The summed E-state index contributed by atoms with van der Waals surface area (Å²) in [5, 5.41) is 9.07. The number of nitriles is 1. The maximum absolute atomic E-state index is 13.4. The Morgan fingerprint density at radius 1 is 1.00 bits per heavy atom. The quantitative estimate of drug-likeness (QED) is 0.784. The summed E-state index contributed by atoms with van der Waals surface area (Å²) in [5.41, 5.74) is 0.226. The molecule has 0 N–H and O–H groups in total.